The Balaban J connectivity index is 2.29. The molecule has 1 aromatic heterocycles. The van der Waals surface area contributed by atoms with Gasteiger partial charge < -0.3 is 10.4 Å². The molecule has 2 rings (SSSR count). The molecule has 0 aliphatic heterocycles. The summed E-state index contributed by atoms with van der Waals surface area (Å²) in [5.41, 5.74) is 0.807. The summed E-state index contributed by atoms with van der Waals surface area (Å²) in [6, 6.07) is 6.63. The highest BCUT2D eigenvalue weighted by molar-refractivity contribution is 6.33. The molecule has 1 atom stereocenters. The zero-order valence-corrected chi connectivity index (χ0v) is 12.2. The third-order valence-electron chi connectivity index (χ3n) is 2.86. The standard InChI is InChI=1S/C13H13Cl2N3O2/c1-18-13(20)12(15)10(6-16-18)17-11(7-19)8-2-4-9(14)5-3-8/h2-6,11,17,19H,7H2,1H3. The first-order valence-electron chi connectivity index (χ1n) is 5.87. The molecule has 1 heterocycles. The van der Waals surface area contributed by atoms with Crippen LogP contribution in [-0.4, -0.2) is 21.5 Å². The number of rotatable bonds is 4. The van der Waals surface area contributed by atoms with E-state index >= 15 is 0 Å². The van der Waals surface area contributed by atoms with Crippen LogP contribution < -0.4 is 10.9 Å². The summed E-state index contributed by atoms with van der Waals surface area (Å²) in [5.74, 6) is 0. The van der Waals surface area contributed by atoms with Crippen LogP contribution in [0.1, 0.15) is 11.6 Å². The van der Waals surface area contributed by atoms with E-state index in [0.717, 1.165) is 10.2 Å². The molecule has 20 heavy (non-hydrogen) atoms. The van der Waals surface area contributed by atoms with Crippen molar-refractivity contribution in [3.63, 3.8) is 0 Å². The molecule has 0 amide bonds. The fourth-order valence-electron chi connectivity index (χ4n) is 1.73. The van der Waals surface area contributed by atoms with E-state index in [1.54, 1.807) is 24.3 Å². The van der Waals surface area contributed by atoms with Crippen molar-refractivity contribution in [3.05, 3.63) is 56.4 Å². The minimum absolute atomic E-state index is 0.0370. The van der Waals surface area contributed by atoms with E-state index in [0.29, 0.717) is 10.7 Å². The van der Waals surface area contributed by atoms with Gasteiger partial charge in [-0.3, -0.25) is 4.79 Å². The molecule has 0 spiro atoms. The molecular formula is C13H13Cl2N3O2. The highest BCUT2D eigenvalue weighted by Gasteiger charge is 2.14. The molecule has 106 valence electrons. The van der Waals surface area contributed by atoms with Crippen LogP contribution >= 0.6 is 23.2 Å². The molecule has 2 aromatic rings. The molecule has 1 unspecified atom stereocenters. The highest BCUT2D eigenvalue weighted by Crippen LogP contribution is 2.23. The zero-order valence-electron chi connectivity index (χ0n) is 10.7. The summed E-state index contributed by atoms with van der Waals surface area (Å²) in [6.45, 7) is -0.160. The van der Waals surface area contributed by atoms with Gasteiger partial charge in [-0.2, -0.15) is 5.10 Å². The van der Waals surface area contributed by atoms with Gasteiger partial charge in [0.15, 0.2) is 0 Å². The van der Waals surface area contributed by atoms with E-state index in [2.05, 4.69) is 10.4 Å². The number of aliphatic hydroxyl groups is 1. The van der Waals surface area contributed by atoms with Crippen LogP contribution in [-0.2, 0) is 7.05 Å². The first-order chi connectivity index (χ1) is 9.52. The molecule has 1 aromatic carbocycles. The third-order valence-corrected chi connectivity index (χ3v) is 3.48. The monoisotopic (exact) mass is 313 g/mol. The van der Waals surface area contributed by atoms with Crippen LogP contribution in [0.5, 0.6) is 0 Å². The number of hydrogen-bond acceptors (Lipinski definition) is 4. The Morgan fingerprint density at radius 1 is 1.35 bits per heavy atom. The van der Waals surface area contributed by atoms with Crippen molar-refractivity contribution in [2.24, 2.45) is 7.05 Å². The number of nitrogens with one attached hydrogen (secondary N) is 1. The van der Waals surface area contributed by atoms with Gasteiger partial charge in [-0.05, 0) is 17.7 Å². The lowest BCUT2D eigenvalue weighted by molar-refractivity contribution is 0.276. The van der Waals surface area contributed by atoms with Crippen molar-refractivity contribution < 1.29 is 5.11 Å². The number of anilines is 1. The molecule has 0 aliphatic rings. The molecule has 0 radical (unpaired) electrons. The number of hydrogen-bond donors (Lipinski definition) is 2. The number of aryl methyl sites for hydroxylation is 1. The summed E-state index contributed by atoms with van der Waals surface area (Å²) in [5, 5.41) is 17.0. The largest absolute Gasteiger partial charge is 0.394 e. The average molecular weight is 314 g/mol. The van der Waals surface area contributed by atoms with Gasteiger partial charge >= 0.3 is 0 Å². The van der Waals surface area contributed by atoms with Gasteiger partial charge in [-0.25, -0.2) is 4.68 Å². The maximum absolute atomic E-state index is 11.7. The molecule has 5 nitrogen and oxygen atoms in total. The summed E-state index contributed by atoms with van der Waals surface area (Å²) in [4.78, 5) is 11.7. The first-order valence-corrected chi connectivity index (χ1v) is 6.63. The van der Waals surface area contributed by atoms with Gasteiger partial charge in [0.2, 0.25) is 0 Å². The Kier molecular flexibility index (Phi) is 4.65. The molecule has 0 saturated heterocycles. The van der Waals surface area contributed by atoms with Gasteiger partial charge in [-0.1, -0.05) is 35.3 Å². The van der Waals surface area contributed by atoms with Crippen molar-refractivity contribution in [1.82, 2.24) is 9.78 Å². The van der Waals surface area contributed by atoms with Crippen molar-refractivity contribution in [3.8, 4) is 0 Å². The van der Waals surface area contributed by atoms with Crippen LogP contribution in [0.4, 0.5) is 5.69 Å². The maximum Gasteiger partial charge on any atom is 0.287 e. The van der Waals surface area contributed by atoms with Gasteiger partial charge in [-0.15, -0.1) is 0 Å². The summed E-state index contributed by atoms with van der Waals surface area (Å²) < 4.78 is 1.14. The molecule has 0 fully saturated rings. The smallest absolute Gasteiger partial charge is 0.287 e. The molecule has 0 saturated carbocycles. The lowest BCUT2D eigenvalue weighted by atomic mass is 10.1. The fourth-order valence-corrected chi connectivity index (χ4v) is 2.08. The zero-order chi connectivity index (χ0) is 14.7. The highest BCUT2D eigenvalue weighted by atomic mass is 35.5. The first kappa shape index (κ1) is 14.8. The van der Waals surface area contributed by atoms with E-state index in [1.807, 2.05) is 0 Å². The Hall–Kier alpha value is -1.56. The van der Waals surface area contributed by atoms with Crippen molar-refractivity contribution in [2.75, 3.05) is 11.9 Å². The Morgan fingerprint density at radius 3 is 2.60 bits per heavy atom. The molecule has 0 bridgehead atoms. The van der Waals surface area contributed by atoms with E-state index in [1.165, 1.54) is 13.2 Å². The lowest BCUT2D eigenvalue weighted by Crippen LogP contribution is -2.23. The SMILES string of the molecule is Cn1ncc(NC(CO)c2ccc(Cl)cc2)c(Cl)c1=O. The molecular weight excluding hydrogens is 301 g/mol. The van der Waals surface area contributed by atoms with Crippen molar-refractivity contribution in [2.45, 2.75) is 6.04 Å². The predicted molar refractivity (Wildman–Crippen MR) is 79.4 cm³/mol. The van der Waals surface area contributed by atoms with E-state index in [9.17, 15) is 9.90 Å². The number of halogens is 2. The molecule has 7 heteroatoms. The number of benzene rings is 1. The normalized spacial score (nSPS) is 12.2. The van der Waals surface area contributed by atoms with Crippen molar-refractivity contribution >= 4 is 28.9 Å². The van der Waals surface area contributed by atoms with E-state index in [4.69, 9.17) is 23.2 Å². The summed E-state index contributed by atoms with van der Waals surface area (Å²) >= 11 is 11.8. The predicted octanol–water partition coefficient (Wildman–Crippen LogP) is 2.23. The van der Waals surface area contributed by atoms with Gasteiger partial charge in [0, 0.05) is 12.1 Å². The number of nitrogens with zero attached hydrogens (tertiary/aromatic N) is 2. The van der Waals surface area contributed by atoms with Gasteiger partial charge in [0.1, 0.15) is 5.02 Å². The topological polar surface area (TPSA) is 67.2 Å². The van der Waals surface area contributed by atoms with Crippen LogP contribution in [0, 0.1) is 0 Å². The van der Waals surface area contributed by atoms with Crippen LogP contribution in [0.2, 0.25) is 10.0 Å². The Labute approximate surface area is 125 Å². The second-order valence-corrected chi connectivity index (χ2v) is 5.05. The van der Waals surface area contributed by atoms with Gasteiger partial charge in [0.25, 0.3) is 5.56 Å². The average Bonchev–Trinajstić information content (AvgIpc) is 2.45. The number of aliphatic hydroxyl groups excluding tert-OH is 1. The van der Waals surface area contributed by atoms with E-state index < -0.39 is 11.6 Å². The fraction of sp³-hybridized carbons (Fsp3) is 0.231. The molecule has 0 aliphatic carbocycles. The minimum atomic E-state index is -0.404. The minimum Gasteiger partial charge on any atom is -0.394 e. The lowest BCUT2D eigenvalue weighted by Gasteiger charge is -2.18. The second kappa shape index (κ2) is 6.26. The van der Waals surface area contributed by atoms with Gasteiger partial charge in [0.05, 0.1) is 24.5 Å². The van der Waals surface area contributed by atoms with Crippen LogP contribution in [0.3, 0.4) is 0 Å². The van der Waals surface area contributed by atoms with Crippen molar-refractivity contribution in [1.29, 1.82) is 0 Å². The third kappa shape index (κ3) is 3.12. The molecule has 2 N–H and O–H groups in total. The summed E-state index contributed by atoms with van der Waals surface area (Å²) in [6.07, 6.45) is 1.45. The Bertz CT molecular complexity index is 656. The number of aromatic nitrogens is 2. The van der Waals surface area contributed by atoms with Crippen LogP contribution in [0.25, 0.3) is 0 Å². The Morgan fingerprint density at radius 2 is 2.00 bits per heavy atom. The summed E-state index contributed by atoms with van der Waals surface area (Å²) in [7, 11) is 1.51. The van der Waals surface area contributed by atoms with Crippen LogP contribution in [0.15, 0.2) is 35.3 Å². The second-order valence-electron chi connectivity index (χ2n) is 4.23. The van der Waals surface area contributed by atoms with E-state index in [-0.39, 0.29) is 11.6 Å². The quantitative estimate of drug-likeness (QED) is 0.908. The maximum atomic E-state index is 11.7.